The van der Waals surface area contributed by atoms with Gasteiger partial charge in [0.2, 0.25) is 5.91 Å². The molecule has 1 N–H and O–H groups in total. The summed E-state index contributed by atoms with van der Waals surface area (Å²) in [5.74, 6) is 0.176. The fourth-order valence-corrected chi connectivity index (χ4v) is 2.74. The summed E-state index contributed by atoms with van der Waals surface area (Å²) < 4.78 is 5.49. The molecule has 2 heterocycles. The van der Waals surface area contributed by atoms with E-state index in [1.54, 1.807) is 0 Å². The molecule has 2 aliphatic heterocycles. The zero-order chi connectivity index (χ0) is 12.6. The molecule has 1 atom stereocenters. The van der Waals surface area contributed by atoms with E-state index in [0.717, 1.165) is 26.0 Å². The van der Waals surface area contributed by atoms with Crippen LogP contribution in [0.1, 0.15) is 44.9 Å². The zero-order valence-corrected chi connectivity index (χ0v) is 11.3. The smallest absolute Gasteiger partial charge is 0.221 e. The highest BCUT2D eigenvalue weighted by Gasteiger charge is 2.16. The van der Waals surface area contributed by atoms with Gasteiger partial charge in [-0.3, -0.25) is 4.79 Å². The molecule has 2 saturated heterocycles. The van der Waals surface area contributed by atoms with Gasteiger partial charge in [-0.15, -0.1) is 0 Å². The van der Waals surface area contributed by atoms with Crippen LogP contribution >= 0.6 is 0 Å². The highest BCUT2D eigenvalue weighted by atomic mass is 16.5. The van der Waals surface area contributed by atoms with Crippen molar-refractivity contribution in [2.24, 2.45) is 0 Å². The van der Waals surface area contributed by atoms with Crippen molar-refractivity contribution < 1.29 is 9.53 Å². The number of carbonyl (C=O) groups is 1. The molecule has 0 aromatic heterocycles. The van der Waals surface area contributed by atoms with Gasteiger partial charge in [-0.2, -0.15) is 0 Å². The first-order chi connectivity index (χ1) is 8.84. The Kier molecular flexibility index (Phi) is 5.94. The first-order valence-electron chi connectivity index (χ1n) is 7.45. The predicted octanol–water partition coefficient (Wildman–Crippen LogP) is 1.55. The van der Waals surface area contributed by atoms with Gasteiger partial charge < -0.3 is 15.0 Å². The maximum atomic E-state index is 11.7. The molecule has 0 saturated carbocycles. The molecule has 0 spiro atoms. The summed E-state index contributed by atoms with van der Waals surface area (Å²) in [6, 6.07) is 0. The molecule has 18 heavy (non-hydrogen) atoms. The number of amides is 1. The summed E-state index contributed by atoms with van der Waals surface area (Å²) in [6.07, 6.45) is 8.39. The first-order valence-corrected chi connectivity index (χ1v) is 7.45. The second-order valence-electron chi connectivity index (χ2n) is 5.44. The average molecular weight is 254 g/mol. The van der Waals surface area contributed by atoms with Crippen LogP contribution in [0.2, 0.25) is 0 Å². The standard InChI is InChI=1S/C14H26N2O2/c17-14(15-12-13-6-5-11-18-13)7-10-16-8-3-1-2-4-9-16/h13H,1-12H2,(H,15,17). The largest absolute Gasteiger partial charge is 0.376 e. The van der Waals surface area contributed by atoms with E-state index in [9.17, 15) is 4.79 Å². The number of nitrogens with zero attached hydrogens (tertiary/aromatic N) is 1. The molecule has 2 aliphatic rings. The van der Waals surface area contributed by atoms with Crippen molar-refractivity contribution >= 4 is 5.91 Å². The molecule has 4 heteroatoms. The molecule has 0 radical (unpaired) electrons. The number of carbonyl (C=O) groups excluding carboxylic acids is 1. The van der Waals surface area contributed by atoms with E-state index in [0.29, 0.717) is 13.0 Å². The fourth-order valence-electron chi connectivity index (χ4n) is 2.74. The molecule has 0 aromatic carbocycles. The molecule has 1 amide bonds. The lowest BCUT2D eigenvalue weighted by Crippen LogP contribution is -2.35. The highest BCUT2D eigenvalue weighted by Crippen LogP contribution is 2.11. The molecule has 0 bridgehead atoms. The third-order valence-electron chi connectivity index (χ3n) is 3.90. The second kappa shape index (κ2) is 7.74. The van der Waals surface area contributed by atoms with Gasteiger partial charge in [0, 0.05) is 26.1 Å². The third-order valence-corrected chi connectivity index (χ3v) is 3.90. The van der Waals surface area contributed by atoms with Crippen molar-refractivity contribution in [2.75, 3.05) is 32.8 Å². The predicted molar refractivity (Wildman–Crippen MR) is 71.5 cm³/mol. The lowest BCUT2D eigenvalue weighted by atomic mass is 10.2. The lowest BCUT2D eigenvalue weighted by molar-refractivity contribution is -0.121. The molecule has 4 nitrogen and oxygen atoms in total. The maximum absolute atomic E-state index is 11.7. The Hall–Kier alpha value is -0.610. The summed E-state index contributed by atoms with van der Waals surface area (Å²) in [4.78, 5) is 14.2. The Morgan fingerprint density at radius 1 is 1.17 bits per heavy atom. The van der Waals surface area contributed by atoms with Gasteiger partial charge in [-0.05, 0) is 38.8 Å². The topological polar surface area (TPSA) is 41.6 Å². The maximum Gasteiger partial charge on any atom is 0.221 e. The molecule has 2 fully saturated rings. The van der Waals surface area contributed by atoms with E-state index in [1.165, 1.54) is 38.8 Å². The van der Waals surface area contributed by atoms with Crippen molar-refractivity contribution in [3.63, 3.8) is 0 Å². The molecule has 104 valence electrons. The Balaban J connectivity index is 1.55. The van der Waals surface area contributed by atoms with E-state index < -0.39 is 0 Å². The van der Waals surface area contributed by atoms with Gasteiger partial charge in [-0.1, -0.05) is 12.8 Å². The lowest BCUT2D eigenvalue weighted by Gasteiger charge is -2.19. The van der Waals surface area contributed by atoms with Gasteiger partial charge in [0.1, 0.15) is 0 Å². The number of rotatable bonds is 5. The van der Waals surface area contributed by atoms with Gasteiger partial charge in [0.05, 0.1) is 6.10 Å². The first kappa shape index (κ1) is 13.8. The van der Waals surface area contributed by atoms with Crippen LogP contribution in [-0.4, -0.2) is 49.7 Å². The van der Waals surface area contributed by atoms with Crippen LogP contribution in [0.15, 0.2) is 0 Å². The number of nitrogens with one attached hydrogen (secondary N) is 1. The average Bonchev–Trinajstić information content (AvgIpc) is 2.76. The number of ether oxygens (including phenoxy) is 1. The van der Waals surface area contributed by atoms with Crippen LogP contribution in [0, 0.1) is 0 Å². The van der Waals surface area contributed by atoms with Crippen LogP contribution in [0.3, 0.4) is 0 Å². The Morgan fingerprint density at radius 2 is 1.94 bits per heavy atom. The van der Waals surface area contributed by atoms with Crippen molar-refractivity contribution in [2.45, 2.75) is 51.0 Å². The number of hydrogen-bond donors (Lipinski definition) is 1. The van der Waals surface area contributed by atoms with E-state index in [1.807, 2.05) is 0 Å². The van der Waals surface area contributed by atoms with Crippen LogP contribution in [0.25, 0.3) is 0 Å². The van der Waals surface area contributed by atoms with Crippen LogP contribution < -0.4 is 5.32 Å². The number of hydrogen-bond acceptors (Lipinski definition) is 3. The summed E-state index contributed by atoms with van der Waals surface area (Å²) in [6.45, 7) is 4.79. The zero-order valence-electron chi connectivity index (χ0n) is 11.3. The van der Waals surface area contributed by atoms with Gasteiger partial charge in [0.15, 0.2) is 0 Å². The van der Waals surface area contributed by atoms with E-state index in [-0.39, 0.29) is 12.0 Å². The molecular formula is C14H26N2O2. The Labute approximate surface area is 110 Å². The van der Waals surface area contributed by atoms with E-state index in [2.05, 4.69) is 10.2 Å². The van der Waals surface area contributed by atoms with Crippen molar-refractivity contribution in [3.05, 3.63) is 0 Å². The quantitative estimate of drug-likeness (QED) is 0.809. The molecule has 1 unspecified atom stereocenters. The Morgan fingerprint density at radius 3 is 2.61 bits per heavy atom. The summed E-state index contributed by atoms with van der Waals surface area (Å²) in [5.41, 5.74) is 0. The second-order valence-corrected chi connectivity index (χ2v) is 5.44. The molecule has 0 aliphatic carbocycles. The van der Waals surface area contributed by atoms with Crippen LogP contribution in [0.5, 0.6) is 0 Å². The van der Waals surface area contributed by atoms with Crippen LogP contribution in [0.4, 0.5) is 0 Å². The Bertz CT molecular complexity index is 244. The van der Waals surface area contributed by atoms with E-state index in [4.69, 9.17) is 4.74 Å². The minimum atomic E-state index is 0.176. The SMILES string of the molecule is O=C(CCN1CCCCCC1)NCC1CCCO1. The molecule has 2 rings (SSSR count). The molecule has 0 aromatic rings. The normalized spacial score (nSPS) is 25.9. The van der Waals surface area contributed by atoms with Crippen molar-refractivity contribution in [3.8, 4) is 0 Å². The van der Waals surface area contributed by atoms with Gasteiger partial charge in [-0.25, -0.2) is 0 Å². The van der Waals surface area contributed by atoms with Crippen LogP contribution in [-0.2, 0) is 9.53 Å². The third kappa shape index (κ3) is 4.94. The van der Waals surface area contributed by atoms with Crippen molar-refractivity contribution in [1.29, 1.82) is 0 Å². The van der Waals surface area contributed by atoms with Gasteiger partial charge >= 0.3 is 0 Å². The number of likely N-dealkylation sites (tertiary alicyclic amines) is 1. The van der Waals surface area contributed by atoms with Crippen molar-refractivity contribution in [1.82, 2.24) is 10.2 Å². The fraction of sp³-hybridized carbons (Fsp3) is 0.929. The molecular weight excluding hydrogens is 228 g/mol. The summed E-state index contributed by atoms with van der Waals surface area (Å²) in [5, 5.41) is 2.99. The van der Waals surface area contributed by atoms with E-state index >= 15 is 0 Å². The minimum Gasteiger partial charge on any atom is -0.376 e. The monoisotopic (exact) mass is 254 g/mol. The summed E-state index contributed by atoms with van der Waals surface area (Å²) >= 11 is 0. The summed E-state index contributed by atoms with van der Waals surface area (Å²) in [7, 11) is 0. The highest BCUT2D eigenvalue weighted by molar-refractivity contribution is 5.76. The minimum absolute atomic E-state index is 0.176. The van der Waals surface area contributed by atoms with Gasteiger partial charge in [0.25, 0.3) is 0 Å².